The number of carbonyl (C=O) groups is 3. The summed E-state index contributed by atoms with van der Waals surface area (Å²) in [7, 11) is 0. The molecule has 80 heavy (non-hydrogen) atoms. The zero-order valence-electron chi connectivity index (χ0n) is 54.1. The van der Waals surface area contributed by atoms with E-state index in [0.29, 0.717) is 19.3 Å². The predicted molar refractivity (Wildman–Crippen MR) is 349 cm³/mol. The van der Waals surface area contributed by atoms with Crippen LogP contribution in [0.1, 0.15) is 400 Å². The summed E-state index contributed by atoms with van der Waals surface area (Å²) in [6, 6.07) is 0. The molecule has 1 unspecified atom stereocenters. The highest BCUT2D eigenvalue weighted by Gasteiger charge is 2.19. The standard InChI is InChI=1S/C74H138O6/c1-4-7-10-13-16-19-21-23-25-27-29-31-33-35-37-39-41-43-45-47-49-51-53-55-58-61-64-67-73(76)79-70-71(69-78-72(75)66-63-60-57-18-15-12-9-6-3)80-74(77)68-65-62-59-56-54-52-50-48-46-44-42-40-38-36-34-32-30-28-26-24-22-20-17-14-11-8-5-2/h21,23,27-30,71H,4-20,22,24-26,31-70H2,1-3H3/b23-21-,29-27-,30-28-. The highest BCUT2D eigenvalue weighted by atomic mass is 16.6. The van der Waals surface area contributed by atoms with Crippen LogP contribution in [0, 0.1) is 0 Å². The Morgan fingerprint density at radius 1 is 0.250 bits per heavy atom. The van der Waals surface area contributed by atoms with Crippen molar-refractivity contribution in [3.63, 3.8) is 0 Å². The first-order chi connectivity index (χ1) is 39.5. The molecule has 0 amide bonds. The first-order valence-electron chi connectivity index (χ1n) is 36.0. The fourth-order valence-corrected chi connectivity index (χ4v) is 10.9. The number of carbonyl (C=O) groups excluding carboxylic acids is 3. The largest absolute Gasteiger partial charge is 0.462 e. The van der Waals surface area contributed by atoms with Gasteiger partial charge in [0.2, 0.25) is 0 Å². The second-order valence-electron chi connectivity index (χ2n) is 24.5. The number of allylic oxidation sites excluding steroid dienone is 6. The molecule has 0 aromatic rings. The third-order valence-corrected chi connectivity index (χ3v) is 16.4. The van der Waals surface area contributed by atoms with Gasteiger partial charge in [0.25, 0.3) is 0 Å². The zero-order chi connectivity index (χ0) is 57.8. The summed E-state index contributed by atoms with van der Waals surface area (Å²) in [5, 5.41) is 0. The summed E-state index contributed by atoms with van der Waals surface area (Å²) in [4.78, 5) is 38.3. The molecule has 1 atom stereocenters. The number of ether oxygens (including phenoxy) is 3. The van der Waals surface area contributed by atoms with E-state index >= 15 is 0 Å². The average molecular weight is 1120 g/mol. The predicted octanol–water partition coefficient (Wildman–Crippen LogP) is 24.7. The molecule has 470 valence electrons. The van der Waals surface area contributed by atoms with Gasteiger partial charge in [-0.15, -0.1) is 0 Å². The van der Waals surface area contributed by atoms with Crippen LogP contribution in [0.15, 0.2) is 36.5 Å². The Morgan fingerprint density at radius 3 is 0.700 bits per heavy atom. The number of unbranched alkanes of at least 4 members (excludes halogenated alkanes) is 50. The van der Waals surface area contributed by atoms with Crippen molar-refractivity contribution >= 4 is 17.9 Å². The minimum Gasteiger partial charge on any atom is -0.462 e. The summed E-state index contributed by atoms with van der Waals surface area (Å²) >= 11 is 0. The minimum absolute atomic E-state index is 0.0667. The lowest BCUT2D eigenvalue weighted by atomic mass is 10.0. The third kappa shape index (κ3) is 66.4. The van der Waals surface area contributed by atoms with Gasteiger partial charge in [-0.3, -0.25) is 14.4 Å². The van der Waals surface area contributed by atoms with Crippen LogP contribution in [0.4, 0.5) is 0 Å². The van der Waals surface area contributed by atoms with Gasteiger partial charge in [-0.2, -0.15) is 0 Å². The quantitative estimate of drug-likeness (QED) is 0.0261. The van der Waals surface area contributed by atoms with Crippen molar-refractivity contribution < 1.29 is 28.6 Å². The summed E-state index contributed by atoms with van der Waals surface area (Å²) in [6.07, 6.45) is 86.3. The maximum Gasteiger partial charge on any atom is 0.306 e. The Kier molecular flexibility index (Phi) is 67.1. The molecular formula is C74H138O6. The van der Waals surface area contributed by atoms with Gasteiger partial charge < -0.3 is 14.2 Å². The SMILES string of the molecule is CCCCCCC/C=C\C/C=C\CCCCCCCCCCCCCCCCCC(=O)OCC(COC(=O)CCCCCCCCCC)OC(=O)CCCCCCCCCCCCCCCCC/C=C\CCCCCCCCCC. The van der Waals surface area contributed by atoms with Crippen molar-refractivity contribution in [1.29, 1.82) is 0 Å². The highest BCUT2D eigenvalue weighted by Crippen LogP contribution is 2.18. The molecule has 0 spiro atoms. The van der Waals surface area contributed by atoms with Crippen LogP contribution < -0.4 is 0 Å². The van der Waals surface area contributed by atoms with E-state index in [1.807, 2.05) is 0 Å². The lowest BCUT2D eigenvalue weighted by Crippen LogP contribution is -2.30. The first-order valence-corrected chi connectivity index (χ1v) is 36.0. The van der Waals surface area contributed by atoms with E-state index < -0.39 is 6.10 Å². The molecule has 6 nitrogen and oxygen atoms in total. The normalized spacial score (nSPS) is 12.2. The van der Waals surface area contributed by atoms with E-state index in [2.05, 4.69) is 57.2 Å². The lowest BCUT2D eigenvalue weighted by molar-refractivity contribution is -0.167. The number of rotatable bonds is 67. The van der Waals surface area contributed by atoms with Crippen LogP contribution in [0.3, 0.4) is 0 Å². The molecule has 0 saturated carbocycles. The minimum atomic E-state index is -0.768. The molecular weight excluding hydrogens is 985 g/mol. The number of hydrogen-bond donors (Lipinski definition) is 0. The third-order valence-electron chi connectivity index (χ3n) is 16.4. The van der Waals surface area contributed by atoms with Crippen molar-refractivity contribution in [2.45, 2.75) is 406 Å². The van der Waals surface area contributed by atoms with Crippen LogP contribution in [0.5, 0.6) is 0 Å². The van der Waals surface area contributed by atoms with E-state index in [9.17, 15) is 14.4 Å². The summed E-state index contributed by atoms with van der Waals surface area (Å²) in [6.45, 7) is 6.67. The van der Waals surface area contributed by atoms with Gasteiger partial charge in [0.15, 0.2) is 6.10 Å². The molecule has 0 N–H and O–H groups in total. The fraction of sp³-hybridized carbons (Fsp3) is 0.878. The maximum atomic E-state index is 12.9. The molecule has 0 fully saturated rings. The van der Waals surface area contributed by atoms with Crippen LogP contribution in [0.2, 0.25) is 0 Å². The summed E-state index contributed by atoms with van der Waals surface area (Å²) in [5.74, 6) is -0.844. The van der Waals surface area contributed by atoms with Crippen LogP contribution in [-0.4, -0.2) is 37.2 Å². The van der Waals surface area contributed by atoms with Gasteiger partial charge in [-0.25, -0.2) is 0 Å². The average Bonchev–Trinajstić information content (AvgIpc) is 3.46. The van der Waals surface area contributed by atoms with Crippen LogP contribution in [-0.2, 0) is 28.6 Å². The Balaban J connectivity index is 4.06. The lowest BCUT2D eigenvalue weighted by Gasteiger charge is -2.18. The molecule has 0 bridgehead atoms. The summed E-state index contributed by atoms with van der Waals surface area (Å²) in [5.41, 5.74) is 0. The van der Waals surface area contributed by atoms with Gasteiger partial charge in [-0.05, 0) is 77.0 Å². The molecule has 0 aliphatic heterocycles. The van der Waals surface area contributed by atoms with E-state index in [1.165, 1.54) is 295 Å². The molecule has 0 rings (SSSR count). The monoisotopic (exact) mass is 1120 g/mol. The van der Waals surface area contributed by atoms with Crippen LogP contribution in [0.25, 0.3) is 0 Å². The number of esters is 3. The van der Waals surface area contributed by atoms with Gasteiger partial charge >= 0.3 is 17.9 Å². The summed E-state index contributed by atoms with van der Waals surface area (Å²) < 4.78 is 16.9. The molecule has 0 aromatic heterocycles. The molecule has 0 heterocycles. The molecule has 0 aliphatic rings. The smallest absolute Gasteiger partial charge is 0.306 e. The van der Waals surface area contributed by atoms with Crippen molar-refractivity contribution in [2.24, 2.45) is 0 Å². The second-order valence-corrected chi connectivity index (χ2v) is 24.5. The van der Waals surface area contributed by atoms with Crippen molar-refractivity contribution in [3.05, 3.63) is 36.5 Å². The highest BCUT2D eigenvalue weighted by molar-refractivity contribution is 5.71. The van der Waals surface area contributed by atoms with E-state index in [-0.39, 0.29) is 31.1 Å². The van der Waals surface area contributed by atoms with E-state index in [0.717, 1.165) is 64.2 Å². The molecule has 0 aromatic carbocycles. The molecule has 0 aliphatic carbocycles. The number of hydrogen-bond acceptors (Lipinski definition) is 6. The Hall–Kier alpha value is -2.37. The molecule has 0 saturated heterocycles. The fourth-order valence-electron chi connectivity index (χ4n) is 10.9. The van der Waals surface area contributed by atoms with E-state index in [1.54, 1.807) is 0 Å². The van der Waals surface area contributed by atoms with Crippen LogP contribution >= 0.6 is 0 Å². The van der Waals surface area contributed by atoms with Crippen molar-refractivity contribution in [1.82, 2.24) is 0 Å². The van der Waals surface area contributed by atoms with Crippen molar-refractivity contribution in [2.75, 3.05) is 13.2 Å². The van der Waals surface area contributed by atoms with Crippen molar-refractivity contribution in [3.8, 4) is 0 Å². The molecule has 0 radical (unpaired) electrons. The second kappa shape index (κ2) is 69.1. The van der Waals surface area contributed by atoms with E-state index in [4.69, 9.17) is 14.2 Å². The van der Waals surface area contributed by atoms with Gasteiger partial charge in [0, 0.05) is 19.3 Å². The Labute approximate surface area is 499 Å². The first kappa shape index (κ1) is 77.6. The van der Waals surface area contributed by atoms with Gasteiger partial charge in [0.1, 0.15) is 13.2 Å². The van der Waals surface area contributed by atoms with Gasteiger partial charge in [-0.1, -0.05) is 340 Å². The molecule has 6 heteroatoms. The zero-order valence-corrected chi connectivity index (χ0v) is 54.1. The Bertz CT molecular complexity index is 1340. The maximum absolute atomic E-state index is 12.9. The Morgan fingerprint density at radius 2 is 0.450 bits per heavy atom. The topological polar surface area (TPSA) is 78.9 Å². The van der Waals surface area contributed by atoms with Gasteiger partial charge in [0.05, 0.1) is 0 Å².